The number of hydrazine groups is 1. The fraction of sp³-hybridized carbons (Fsp3) is 0.280. The second-order valence-corrected chi connectivity index (χ2v) is 7.67. The van der Waals surface area contributed by atoms with Gasteiger partial charge in [-0.15, -0.1) is 0 Å². The van der Waals surface area contributed by atoms with E-state index in [1.54, 1.807) is 49.4 Å². The zero-order valence-electron chi connectivity index (χ0n) is 19.9. The number of nitrogens with one attached hydrogen (secondary N) is 1. The van der Waals surface area contributed by atoms with Crippen molar-refractivity contribution in [2.45, 2.75) is 26.3 Å². The van der Waals surface area contributed by atoms with Crippen LogP contribution in [0.1, 0.15) is 18.9 Å². The molecule has 35 heavy (non-hydrogen) atoms. The van der Waals surface area contributed by atoms with Crippen LogP contribution in [0.2, 0.25) is 0 Å². The number of allylic oxidation sites excluding steroid dienone is 1. The fourth-order valence-corrected chi connectivity index (χ4v) is 3.54. The lowest BCUT2D eigenvalue weighted by Crippen LogP contribution is -2.55. The highest BCUT2D eigenvalue weighted by molar-refractivity contribution is 6.23. The minimum atomic E-state index is -1.23. The van der Waals surface area contributed by atoms with Crippen LogP contribution in [0.4, 0.5) is 5.69 Å². The molecule has 1 N–H and O–H groups in total. The Hall–Kier alpha value is -4.34. The molecule has 1 atom stereocenters. The van der Waals surface area contributed by atoms with Crippen LogP contribution in [0.15, 0.2) is 54.6 Å². The van der Waals surface area contributed by atoms with Crippen LogP contribution < -0.4 is 24.5 Å². The Morgan fingerprint density at radius 1 is 1.09 bits per heavy atom. The third kappa shape index (κ3) is 5.78. The molecule has 2 aromatic carbocycles. The van der Waals surface area contributed by atoms with Crippen molar-refractivity contribution in [1.29, 1.82) is 0 Å². The van der Waals surface area contributed by atoms with Gasteiger partial charge >= 0.3 is 0 Å². The molecule has 0 bridgehead atoms. The van der Waals surface area contributed by atoms with Gasteiger partial charge in [-0.1, -0.05) is 12.1 Å². The van der Waals surface area contributed by atoms with E-state index in [2.05, 4.69) is 5.43 Å². The van der Waals surface area contributed by atoms with Gasteiger partial charge in [0.1, 0.15) is 23.3 Å². The van der Waals surface area contributed by atoms with Gasteiger partial charge in [-0.2, -0.15) is 0 Å². The van der Waals surface area contributed by atoms with E-state index in [0.29, 0.717) is 17.2 Å². The molecule has 10 heteroatoms. The Morgan fingerprint density at radius 2 is 1.77 bits per heavy atom. The summed E-state index contributed by atoms with van der Waals surface area (Å²) >= 11 is 0. The number of ether oxygens (including phenoxy) is 3. The largest absolute Gasteiger partial charge is 0.497 e. The maximum atomic E-state index is 13.3. The molecule has 1 unspecified atom stereocenters. The Labute approximate surface area is 203 Å². The van der Waals surface area contributed by atoms with E-state index >= 15 is 0 Å². The number of imide groups is 1. The Kier molecular flexibility index (Phi) is 8.08. The second-order valence-electron chi connectivity index (χ2n) is 7.67. The highest BCUT2D eigenvalue weighted by Gasteiger charge is 2.45. The molecular formula is C25H27N3O7. The van der Waals surface area contributed by atoms with Crippen LogP contribution in [0.3, 0.4) is 0 Å². The van der Waals surface area contributed by atoms with Crippen LogP contribution in [0, 0.1) is 6.92 Å². The van der Waals surface area contributed by atoms with Crippen LogP contribution in [-0.4, -0.2) is 55.5 Å². The van der Waals surface area contributed by atoms with E-state index in [4.69, 9.17) is 14.2 Å². The van der Waals surface area contributed by atoms with E-state index in [9.17, 15) is 19.2 Å². The number of carbonyl (C=O) groups excluding carboxylic acids is 4. The molecule has 1 aliphatic rings. The number of rotatable bonds is 8. The van der Waals surface area contributed by atoms with Crippen molar-refractivity contribution in [2.24, 2.45) is 0 Å². The van der Waals surface area contributed by atoms with Gasteiger partial charge in [0.15, 0.2) is 6.61 Å². The number of amides is 4. The molecule has 1 aliphatic heterocycles. The summed E-state index contributed by atoms with van der Waals surface area (Å²) in [7, 11) is 2.96. The maximum absolute atomic E-state index is 13.3. The Bertz CT molecular complexity index is 1140. The lowest BCUT2D eigenvalue weighted by atomic mass is 10.2. The van der Waals surface area contributed by atoms with E-state index in [0.717, 1.165) is 15.5 Å². The molecule has 3 rings (SSSR count). The number of hydrogen-bond acceptors (Lipinski definition) is 7. The predicted molar refractivity (Wildman–Crippen MR) is 127 cm³/mol. The van der Waals surface area contributed by atoms with Crippen LogP contribution in [0.5, 0.6) is 17.2 Å². The van der Waals surface area contributed by atoms with Crippen molar-refractivity contribution >= 4 is 29.3 Å². The van der Waals surface area contributed by atoms with Gasteiger partial charge in [0.2, 0.25) is 5.91 Å². The number of hydrogen-bond donors (Lipinski definition) is 1. The highest BCUT2D eigenvalue weighted by atomic mass is 16.5. The van der Waals surface area contributed by atoms with E-state index in [-0.39, 0.29) is 12.1 Å². The summed E-state index contributed by atoms with van der Waals surface area (Å²) in [4.78, 5) is 52.5. The van der Waals surface area contributed by atoms with E-state index in [1.807, 2.05) is 6.92 Å². The van der Waals surface area contributed by atoms with Gasteiger partial charge in [0.25, 0.3) is 17.7 Å². The molecule has 1 heterocycles. The van der Waals surface area contributed by atoms with Crippen molar-refractivity contribution in [3.05, 3.63) is 60.2 Å². The van der Waals surface area contributed by atoms with Crippen LogP contribution >= 0.6 is 0 Å². The first-order chi connectivity index (χ1) is 16.8. The Balaban J connectivity index is 1.78. The summed E-state index contributed by atoms with van der Waals surface area (Å²) in [5.41, 5.74) is 3.50. The molecule has 0 radical (unpaired) electrons. The summed E-state index contributed by atoms with van der Waals surface area (Å²) in [6.07, 6.45) is 2.36. The monoisotopic (exact) mass is 481 g/mol. The molecule has 4 amide bonds. The van der Waals surface area contributed by atoms with Crippen molar-refractivity contribution in [3.8, 4) is 17.2 Å². The SMILES string of the molecule is CC=CC(=O)N(NC(=O)COc1ccc(OC)cc1)C1CC(=O)N(c2cc(C)ccc2OC)C1=O. The number of anilines is 1. The van der Waals surface area contributed by atoms with Gasteiger partial charge in [-0.05, 0) is 55.8 Å². The van der Waals surface area contributed by atoms with Crippen molar-refractivity contribution in [2.75, 3.05) is 25.7 Å². The lowest BCUT2D eigenvalue weighted by molar-refractivity contribution is -0.144. The molecule has 1 fully saturated rings. The minimum Gasteiger partial charge on any atom is -0.497 e. The molecule has 0 saturated carbocycles. The number of benzene rings is 2. The van der Waals surface area contributed by atoms with Gasteiger partial charge in [-0.3, -0.25) is 24.6 Å². The summed E-state index contributed by atoms with van der Waals surface area (Å²) in [6.45, 7) is 3.02. The topological polar surface area (TPSA) is 114 Å². The zero-order valence-corrected chi connectivity index (χ0v) is 19.9. The van der Waals surface area contributed by atoms with E-state index in [1.165, 1.54) is 26.4 Å². The third-order valence-corrected chi connectivity index (χ3v) is 5.23. The van der Waals surface area contributed by atoms with Crippen LogP contribution in [-0.2, 0) is 19.2 Å². The van der Waals surface area contributed by atoms with Crippen LogP contribution in [0.25, 0.3) is 0 Å². The molecule has 2 aromatic rings. The first-order valence-electron chi connectivity index (χ1n) is 10.8. The quantitative estimate of drug-likeness (QED) is 0.349. The first-order valence-corrected chi connectivity index (χ1v) is 10.8. The summed E-state index contributed by atoms with van der Waals surface area (Å²) < 4.78 is 15.8. The van der Waals surface area contributed by atoms with Gasteiger partial charge in [0, 0.05) is 6.08 Å². The number of aryl methyl sites for hydroxylation is 1. The molecule has 10 nitrogen and oxygen atoms in total. The van der Waals surface area contributed by atoms with Crippen molar-refractivity contribution in [3.63, 3.8) is 0 Å². The zero-order chi connectivity index (χ0) is 25.5. The van der Waals surface area contributed by atoms with Crippen molar-refractivity contribution < 1.29 is 33.4 Å². The number of methoxy groups -OCH3 is 2. The summed E-state index contributed by atoms with van der Waals surface area (Å²) in [5.74, 6) is -1.14. The Morgan fingerprint density at radius 3 is 2.40 bits per heavy atom. The van der Waals surface area contributed by atoms with E-state index < -0.39 is 36.3 Å². The maximum Gasteiger partial charge on any atom is 0.276 e. The summed E-state index contributed by atoms with van der Waals surface area (Å²) in [5, 5.41) is 0.863. The molecular weight excluding hydrogens is 454 g/mol. The number of carbonyl (C=O) groups is 4. The van der Waals surface area contributed by atoms with Gasteiger partial charge < -0.3 is 14.2 Å². The molecule has 0 aliphatic carbocycles. The summed E-state index contributed by atoms with van der Waals surface area (Å²) in [6, 6.07) is 10.5. The normalized spacial score (nSPS) is 15.3. The highest BCUT2D eigenvalue weighted by Crippen LogP contribution is 2.34. The van der Waals surface area contributed by atoms with Gasteiger partial charge in [-0.25, -0.2) is 9.91 Å². The first kappa shape index (κ1) is 25.3. The molecule has 0 spiro atoms. The molecule has 1 saturated heterocycles. The molecule has 184 valence electrons. The smallest absolute Gasteiger partial charge is 0.276 e. The lowest BCUT2D eigenvalue weighted by Gasteiger charge is -2.27. The standard InChI is InChI=1S/C25H27N3O7/c1-5-6-23(30)28(26-22(29)15-35-18-10-8-17(33-3)9-11-18)20-14-24(31)27(25(20)32)19-13-16(2)7-12-21(19)34-4/h5-13,20H,14-15H2,1-4H3,(H,26,29). The number of nitrogens with zero attached hydrogens (tertiary/aromatic N) is 2. The average molecular weight is 482 g/mol. The fourth-order valence-electron chi connectivity index (χ4n) is 3.54. The second kappa shape index (κ2) is 11.2. The molecule has 0 aromatic heterocycles. The minimum absolute atomic E-state index is 0.276. The average Bonchev–Trinajstić information content (AvgIpc) is 3.14. The van der Waals surface area contributed by atoms with Gasteiger partial charge in [0.05, 0.1) is 26.3 Å². The predicted octanol–water partition coefficient (Wildman–Crippen LogP) is 2.16. The van der Waals surface area contributed by atoms with Crippen molar-refractivity contribution in [1.82, 2.24) is 10.4 Å². The third-order valence-electron chi connectivity index (χ3n) is 5.23.